The first kappa shape index (κ1) is 9.12. The first-order valence-electron chi connectivity index (χ1n) is 4.14. The van der Waals surface area contributed by atoms with E-state index in [-0.39, 0.29) is 5.92 Å². The summed E-state index contributed by atoms with van der Waals surface area (Å²) in [4.78, 5) is 4.11. The number of aliphatic hydroxyl groups excluding tert-OH is 1. The molecule has 0 aliphatic carbocycles. The van der Waals surface area contributed by atoms with Gasteiger partial charge >= 0.3 is 0 Å². The molecule has 1 N–H and O–H groups in total. The second kappa shape index (κ2) is 3.74. The molecule has 0 saturated carbocycles. The number of ether oxygens (including phenoxy) is 1. The van der Waals surface area contributed by atoms with Crippen LogP contribution in [0.4, 0.5) is 0 Å². The van der Waals surface area contributed by atoms with Crippen LogP contribution in [0.1, 0.15) is 11.8 Å². The summed E-state index contributed by atoms with van der Waals surface area (Å²) in [6.07, 6.45) is 1.19. The standard InChI is InChI=1S/C9H10BrNO2/c10-7-1-2-11-8(3-7)9(12)6-4-13-5-6/h1-3,6,9,12H,4-5H2. The number of rotatable bonds is 2. The second-order valence-electron chi connectivity index (χ2n) is 3.14. The van der Waals surface area contributed by atoms with Gasteiger partial charge in [0.15, 0.2) is 0 Å². The van der Waals surface area contributed by atoms with Crippen molar-refractivity contribution in [3.05, 3.63) is 28.5 Å². The fraction of sp³-hybridized carbons (Fsp3) is 0.444. The van der Waals surface area contributed by atoms with Gasteiger partial charge in [-0.25, -0.2) is 0 Å². The normalized spacial score (nSPS) is 19.5. The van der Waals surface area contributed by atoms with Gasteiger partial charge in [0.1, 0.15) is 6.10 Å². The van der Waals surface area contributed by atoms with Crippen molar-refractivity contribution >= 4 is 15.9 Å². The lowest BCUT2D eigenvalue weighted by Gasteiger charge is -2.30. The van der Waals surface area contributed by atoms with E-state index in [0.717, 1.165) is 4.47 Å². The molecule has 0 aromatic carbocycles. The maximum absolute atomic E-state index is 9.80. The van der Waals surface area contributed by atoms with Gasteiger partial charge in [0.05, 0.1) is 18.9 Å². The Kier molecular flexibility index (Phi) is 2.62. The third-order valence-corrected chi connectivity index (χ3v) is 2.65. The highest BCUT2D eigenvalue weighted by Crippen LogP contribution is 2.27. The number of aromatic nitrogens is 1. The monoisotopic (exact) mass is 243 g/mol. The lowest BCUT2D eigenvalue weighted by molar-refractivity contribution is -0.0936. The Hall–Kier alpha value is -0.450. The number of aliphatic hydroxyl groups is 1. The lowest BCUT2D eigenvalue weighted by atomic mass is 9.98. The molecule has 1 atom stereocenters. The average Bonchev–Trinajstić information content (AvgIpc) is 2.01. The summed E-state index contributed by atoms with van der Waals surface area (Å²) in [5.41, 5.74) is 0.711. The molecule has 1 saturated heterocycles. The molecule has 1 aromatic rings. The van der Waals surface area contributed by atoms with Crippen LogP contribution in [0, 0.1) is 5.92 Å². The number of hydrogen-bond acceptors (Lipinski definition) is 3. The highest BCUT2D eigenvalue weighted by Gasteiger charge is 2.28. The Morgan fingerprint density at radius 1 is 1.62 bits per heavy atom. The van der Waals surface area contributed by atoms with Gasteiger partial charge in [-0.2, -0.15) is 0 Å². The summed E-state index contributed by atoms with van der Waals surface area (Å²) in [6.45, 7) is 1.27. The molecular formula is C9H10BrNO2. The maximum atomic E-state index is 9.80. The van der Waals surface area contributed by atoms with Gasteiger partial charge in [0.2, 0.25) is 0 Å². The number of pyridine rings is 1. The van der Waals surface area contributed by atoms with Crippen molar-refractivity contribution in [2.75, 3.05) is 13.2 Å². The van der Waals surface area contributed by atoms with Crippen LogP contribution in [0.15, 0.2) is 22.8 Å². The molecule has 0 spiro atoms. The first-order chi connectivity index (χ1) is 6.27. The van der Waals surface area contributed by atoms with Gasteiger partial charge in [0.25, 0.3) is 0 Å². The van der Waals surface area contributed by atoms with Crippen molar-refractivity contribution in [3.8, 4) is 0 Å². The van der Waals surface area contributed by atoms with Crippen LogP contribution in [-0.4, -0.2) is 23.3 Å². The minimum atomic E-state index is -0.494. The zero-order valence-electron chi connectivity index (χ0n) is 6.98. The lowest BCUT2D eigenvalue weighted by Crippen LogP contribution is -2.33. The SMILES string of the molecule is OC(c1cc(Br)ccn1)C1COC1. The van der Waals surface area contributed by atoms with E-state index in [1.54, 1.807) is 6.20 Å². The molecule has 1 fully saturated rings. The van der Waals surface area contributed by atoms with Gasteiger partial charge < -0.3 is 9.84 Å². The third kappa shape index (κ3) is 1.90. The minimum Gasteiger partial charge on any atom is -0.386 e. The highest BCUT2D eigenvalue weighted by molar-refractivity contribution is 9.10. The van der Waals surface area contributed by atoms with Crippen LogP contribution in [0.3, 0.4) is 0 Å². The fourth-order valence-corrected chi connectivity index (χ4v) is 1.61. The molecule has 0 bridgehead atoms. The van der Waals surface area contributed by atoms with E-state index in [0.29, 0.717) is 18.9 Å². The summed E-state index contributed by atoms with van der Waals surface area (Å²) in [5.74, 6) is 0.210. The summed E-state index contributed by atoms with van der Waals surface area (Å²) < 4.78 is 5.95. The number of nitrogens with zero attached hydrogens (tertiary/aromatic N) is 1. The zero-order chi connectivity index (χ0) is 9.26. The minimum absolute atomic E-state index is 0.210. The zero-order valence-corrected chi connectivity index (χ0v) is 8.57. The molecule has 1 aliphatic heterocycles. The fourth-order valence-electron chi connectivity index (χ4n) is 1.26. The van der Waals surface area contributed by atoms with Crippen molar-refractivity contribution in [3.63, 3.8) is 0 Å². The summed E-state index contributed by atoms with van der Waals surface area (Å²) in [5, 5.41) is 9.80. The predicted octanol–water partition coefficient (Wildman–Crippen LogP) is 1.52. The molecule has 0 amide bonds. The summed E-state index contributed by atoms with van der Waals surface area (Å²) in [6, 6.07) is 3.68. The van der Waals surface area contributed by atoms with Crippen molar-refractivity contribution in [1.82, 2.24) is 4.98 Å². The largest absolute Gasteiger partial charge is 0.386 e. The Bertz CT molecular complexity index is 301. The molecule has 0 radical (unpaired) electrons. The molecule has 1 unspecified atom stereocenters. The molecule has 1 aliphatic rings. The maximum Gasteiger partial charge on any atom is 0.103 e. The first-order valence-corrected chi connectivity index (χ1v) is 4.94. The Morgan fingerprint density at radius 2 is 2.38 bits per heavy atom. The van der Waals surface area contributed by atoms with Gasteiger partial charge in [-0.3, -0.25) is 4.98 Å². The molecule has 1 aromatic heterocycles. The van der Waals surface area contributed by atoms with E-state index in [4.69, 9.17) is 4.74 Å². The Balaban J connectivity index is 2.14. The topological polar surface area (TPSA) is 42.4 Å². The van der Waals surface area contributed by atoms with Crippen LogP contribution in [0.25, 0.3) is 0 Å². The number of halogens is 1. The van der Waals surface area contributed by atoms with E-state index in [2.05, 4.69) is 20.9 Å². The highest BCUT2D eigenvalue weighted by atomic mass is 79.9. The van der Waals surface area contributed by atoms with E-state index >= 15 is 0 Å². The smallest absolute Gasteiger partial charge is 0.103 e. The van der Waals surface area contributed by atoms with Crippen LogP contribution in [-0.2, 0) is 4.74 Å². The molecule has 70 valence electrons. The summed E-state index contributed by atoms with van der Waals surface area (Å²) in [7, 11) is 0. The van der Waals surface area contributed by atoms with Crippen LogP contribution in [0.5, 0.6) is 0 Å². The van der Waals surface area contributed by atoms with Gasteiger partial charge in [-0.05, 0) is 12.1 Å². The molecule has 2 heterocycles. The van der Waals surface area contributed by atoms with E-state index < -0.39 is 6.10 Å². The molecule has 2 rings (SSSR count). The molecule has 4 heteroatoms. The molecule has 13 heavy (non-hydrogen) atoms. The third-order valence-electron chi connectivity index (χ3n) is 2.16. The van der Waals surface area contributed by atoms with Crippen LogP contribution in [0.2, 0.25) is 0 Å². The molecule has 3 nitrogen and oxygen atoms in total. The van der Waals surface area contributed by atoms with Crippen molar-refractivity contribution < 1.29 is 9.84 Å². The van der Waals surface area contributed by atoms with E-state index in [1.807, 2.05) is 12.1 Å². The van der Waals surface area contributed by atoms with Crippen LogP contribution >= 0.6 is 15.9 Å². The number of hydrogen-bond donors (Lipinski definition) is 1. The van der Waals surface area contributed by atoms with Gasteiger partial charge in [0, 0.05) is 16.6 Å². The van der Waals surface area contributed by atoms with E-state index in [1.165, 1.54) is 0 Å². The second-order valence-corrected chi connectivity index (χ2v) is 4.06. The van der Waals surface area contributed by atoms with Crippen molar-refractivity contribution in [2.24, 2.45) is 5.92 Å². The Labute approximate surface area is 84.9 Å². The van der Waals surface area contributed by atoms with Gasteiger partial charge in [-0.1, -0.05) is 15.9 Å². The van der Waals surface area contributed by atoms with Crippen LogP contribution < -0.4 is 0 Å². The molecular weight excluding hydrogens is 234 g/mol. The summed E-state index contributed by atoms with van der Waals surface area (Å²) >= 11 is 3.34. The van der Waals surface area contributed by atoms with Crippen molar-refractivity contribution in [1.29, 1.82) is 0 Å². The Morgan fingerprint density at radius 3 is 2.92 bits per heavy atom. The average molecular weight is 244 g/mol. The predicted molar refractivity (Wildman–Crippen MR) is 51.2 cm³/mol. The van der Waals surface area contributed by atoms with E-state index in [9.17, 15) is 5.11 Å². The quantitative estimate of drug-likeness (QED) is 0.857. The van der Waals surface area contributed by atoms with Gasteiger partial charge in [-0.15, -0.1) is 0 Å². The van der Waals surface area contributed by atoms with Crippen molar-refractivity contribution in [2.45, 2.75) is 6.10 Å².